The summed E-state index contributed by atoms with van der Waals surface area (Å²) in [6.45, 7) is 3.00. The molecule has 3 aromatic heterocycles. The topological polar surface area (TPSA) is 89.7 Å². The second kappa shape index (κ2) is 8.14. The summed E-state index contributed by atoms with van der Waals surface area (Å²) in [5, 5.41) is 19.8. The van der Waals surface area contributed by atoms with E-state index in [4.69, 9.17) is 0 Å². The van der Waals surface area contributed by atoms with Gasteiger partial charge in [-0.2, -0.15) is 5.10 Å². The van der Waals surface area contributed by atoms with Crippen LogP contribution in [-0.2, 0) is 18.3 Å². The Bertz CT molecular complexity index is 1130. The van der Waals surface area contributed by atoms with Gasteiger partial charge in [0, 0.05) is 43.4 Å². The molecule has 0 fully saturated rings. The average molecular weight is 389 g/mol. The van der Waals surface area contributed by atoms with Gasteiger partial charge in [-0.1, -0.05) is 18.2 Å². The third-order valence-corrected chi connectivity index (χ3v) is 4.69. The third kappa shape index (κ3) is 4.26. The van der Waals surface area contributed by atoms with E-state index in [2.05, 4.69) is 32.0 Å². The van der Waals surface area contributed by atoms with Crippen molar-refractivity contribution in [3.05, 3.63) is 66.1 Å². The molecule has 4 rings (SSSR count). The smallest absolute Gasteiger partial charge is 0.224 e. The summed E-state index contributed by atoms with van der Waals surface area (Å²) in [4.78, 5) is 12.3. The largest absolute Gasteiger partial charge is 0.367 e. The first-order valence-electron chi connectivity index (χ1n) is 9.50. The lowest BCUT2D eigenvalue weighted by atomic mass is 10.1. The quantitative estimate of drug-likeness (QED) is 0.473. The normalized spacial score (nSPS) is 11.0. The zero-order valence-electron chi connectivity index (χ0n) is 16.5. The summed E-state index contributed by atoms with van der Waals surface area (Å²) in [7, 11) is 1.99. The van der Waals surface area contributed by atoms with E-state index in [9.17, 15) is 4.79 Å². The number of amides is 1. The maximum Gasteiger partial charge on any atom is 0.224 e. The molecule has 0 aliphatic rings. The van der Waals surface area contributed by atoms with Gasteiger partial charge in [0.25, 0.3) is 0 Å². The SMILES string of the molecule is Cc1ccn(-c2ccc(NCCNC(=O)Cc3cn(C)c4ccccc34)nn2)n1. The van der Waals surface area contributed by atoms with E-state index >= 15 is 0 Å². The fourth-order valence-electron chi connectivity index (χ4n) is 3.28. The van der Waals surface area contributed by atoms with Crippen molar-refractivity contribution >= 4 is 22.6 Å². The van der Waals surface area contributed by atoms with Crippen molar-refractivity contribution in [1.82, 2.24) is 29.9 Å². The first-order chi connectivity index (χ1) is 14.1. The second-order valence-corrected chi connectivity index (χ2v) is 6.91. The molecular weight excluding hydrogens is 366 g/mol. The maximum atomic E-state index is 12.3. The van der Waals surface area contributed by atoms with Crippen molar-refractivity contribution < 1.29 is 4.79 Å². The molecule has 0 saturated heterocycles. The monoisotopic (exact) mass is 389 g/mol. The fraction of sp³-hybridized carbons (Fsp3) is 0.238. The molecule has 0 atom stereocenters. The number of para-hydroxylation sites is 1. The van der Waals surface area contributed by atoms with Gasteiger partial charge in [-0.3, -0.25) is 4.79 Å². The van der Waals surface area contributed by atoms with Crippen LogP contribution in [0.15, 0.2) is 54.9 Å². The highest BCUT2D eigenvalue weighted by atomic mass is 16.1. The van der Waals surface area contributed by atoms with Crippen LogP contribution in [0.2, 0.25) is 0 Å². The van der Waals surface area contributed by atoms with Crippen LogP contribution in [0.25, 0.3) is 16.7 Å². The second-order valence-electron chi connectivity index (χ2n) is 6.91. The Morgan fingerprint density at radius 3 is 2.69 bits per heavy atom. The lowest BCUT2D eigenvalue weighted by Gasteiger charge is -2.07. The number of aryl methyl sites for hydroxylation is 2. The van der Waals surface area contributed by atoms with Crippen LogP contribution < -0.4 is 10.6 Å². The average Bonchev–Trinajstić information content (AvgIpc) is 3.30. The number of carbonyl (C=O) groups is 1. The number of aromatic nitrogens is 5. The summed E-state index contributed by atoms with van der Waals surface area (Å²) >= 11 is 0. The summed E-state index contributed by atoms with van der Waals surface area (Å²) in [6.07, 6.45) is 4.22. The molecule has 3 heterocycles. The molecule has 29 heavy (non-hydrogen) atoms. The zero-order chi connectivity index (χ0) is 20.2. The van der Waals surface area contributed by atoms with E-state index in [1.54, 1.807) is 4.68 Å². The Morgan fingerprint density at radius 1 is 1.07 bits per heavy atom. The summed E-state index contributed by atoms with van der Waals surface area (Å²) < 4.78 is 3.73. The zero-order valence-corrected chi connectivity index (χ0v) is 16.5. The number of rotatable bonds is 7. The van der Waals surface area contributed by atoms with E-state index < -0.39 is 0 Å². The molecule has 4 aromatic rings. The van der Waals surface area contributed by atoms with Crippen LogP contribution in [0.5, 0.6) is 0 Å². The van der Waals surface area contributed by atoms with Gasteiger partial charge in [0.15, 0.2) is 5.82 Å². The van der Waals surface area contributed by atoms with Crippen LogP contribution in [0.3, 0.4) is 0 Å². The van der Waals surface area contributed by atoms with Gasteiger partial charge in [-0.25, -0.2) is 4.68 Å². The minimum absolute atomic E-state index is 0.00126. The molecule has 0 bridgehead atoms. The number of hydrogen-bond acceptors (Lipinski definition) is 5. The Morgan fingerprint density at radius 2 is 1.93 bits per heavy atom. The van der Waals surface area contributed by atoms with Crippen molar-refractivity contribution in [2.45, 2.75) is 13.3 Å². The highest BCUT2D eigenvalue weighted by Crippen LogP contribution is 2.20. The first-order valence-corrected chi connectivity index (χ1v) is 9.50. The Kier molecular flexibility index (Phi) is 5.24. The number of hydrogen-bond donors (Lipinski definition) is 2. The van der Waals surface area contributed by atoms with E-state index in [1.165, 1.54) is 0 Å². The molecule has 0 saturated carbocycles. The van der Waals surface area contributed by atoms with Crippen molar-refractivity contribution in [3.8, 4) is 5.82 Å². The van der Waals surface area contributed by atoms with Crippen molar-refractivity contribution in [2.75, 3.05) is 18.4 Å². The van der Waals surface area contributed by atoms with Crippen LogP contribution >= 0.6 is 0 Å². The van der Waals surface area contributed by atoms with Crippen molar-refractivity contribution in [2.24, 2.45) is 7.05 Å². The maximum absolute atomic E-state index is 12.3. The minimum Gasteiger partial charge on any atom is -0.367 e. The van der Waals surface area contributed by atoms with Gasteiger partial charge in [0.2, 0.25) is 5.91 Å². The van der Waals surface area contributed by atoms with Gasteiger partial charge < -0.3 is 15.2 Å². The van der Waals surface area contributed by atoms with Gasteiger partial charge in [-0.15, -0.1) is 10.2 Å². The highest BCUT2D eigenvalue weighted by molar-refractivity contribution is 5.89. The van der Waals surface area contributed by atoms with Crippen molar-refractivity contribution in [3.63, 3.8) is 0 Å². The number of nitrogens with zero attached hydrogens (tertiary/aromatic N) is 5. The number of benzene rings is 1. The van der Waals surface area contributed by atoms with Gasteiger partial charge >= 0.3 is 0 Å². The predicted octanol–water partition coefficient (Wildman–Crippen LogP) is 2.23. The highest BCUT2D eigenvalue weighted by Gasteiger charge is 2.10. The molecule has 1 amide bonds. The molecule has 8 heteroatoms. The van der Waals surface area contributed by atoms with E-state index in [0.29, 0.717) is 31.1 Å². The van der Waals surface area contributed by atoms with Crippen LogP contribution in [-0.4, -0.2) is 43.5 Å². The molecule has 1 aromatic carbocycles. The summed E-state index contributed by atoms with van der Waals surface area (Å²) in [5.41, 5.74) is 3.08. The Balaban J connectivity index is 1.25. The van der Waals surface area contributed by atoms with Crippen LogP contribution in [0.4, 0.5) is 5.82 Å². The summed E-state index contributed by atoms with van der Waals surface area (Å²) in [6, 6.07) is 13.7. The molecule has 0 aliphatic carbocycles. The van der Waals surface area contributed by atoms with Gasteiger partial charge in [0.1, 0.15) is 5.82 Å². The molecule has 148 valence electrons. The molecule has 0 radical (unpaired) electrons. The Labute approximate surface area is 168 Å². The summed E-state index contributed by atoms with van der Waals surface area (Å²) in [5.74, 6) is 1.31. The lowest BCUT2D eigenvalue weighted by molar-refractivity contribution is -0.120. The number of carbonyl (C=O) groups excluding carboxylic acids is 1. The fourth-order valence-corrected chi connectivity index (χ4v) is 3.28. The molecule has 0 spiro atoms. The van der Waals surface area contributed by atoms with E-state index in [0.717, 1.165) is 22.2 Å². The molecule has 2 N–H and O–H groups in total. The van der Waals surface area contributed by atoms with Crippen molar-refractivity contribution in [1.29, 1.82) is 0 Å². The number of fused-ring (bicyclic) bond motifs is 1. The van der Waals surface area contributed by atoms with E-state index in [1.807, 2.05) is 67.3 Å². The van der Waals surface area contributed by atoms with E-state index in [-0.39, 0.29) is 5.91 Å². The minimum atomic E-state index is -0.00126. The predicted molar refractivity (Wildman–Crippen MR) is 112 cm³/mol. The molecule has 0 unspecified atom stereocenters. The van der Waals surface area contributed by atoms with Crippen LogP contribution in [0.1, 0.15) is 11.3 Å². The number of nitrogens with one attached hydrogen (secondary N) is 2. The molecular formula is C21H23N7O. The standard InChI is InChI=1S/C21H23N7O/c1-15-9-12-28(26-15)20-8-7-19(24-25-20)22-10-11-23-21(29)13-16-14-27(2)18-6-4-3-5-17(16)18/h3-9,12,14H,10-11,13H2,1-2H3,(H,22,24)(H,23,29). The lowest BCUT2D eigenvalue weighted by Crippen LogP contribution is -2.30. The first kappa shape index (κ1) is 18.7. The Hall–Kier alpha value is -3.68. The van der Waals surface area contributed by atoms with Gasteiger partial charge in [-0.05, 0) is 36.8 Å². The molecule has 8 nitrogen and oxygen atoms in total. The van der Waals surface area contributed by atoms with Crippen LogP contribution in [0, 0.1) is 6.92 Å². The third-order valence-electron chi connectivity index (χ3n) is 4.69. The van der Waals surface area contributed by atoms with Gasteiger partial charge in [0.05, 0.1) is 12.1 Å². The molecule has 0 aliphatic heterocycles. The number of anilines is 1.